The van der Waals surface area contributed by atoms with Crippen molar-refractivity contribution in [3.63, 3.8) is 0 Å². The van der Waals surface area contributed by atoms with Crippen LogP contribution in [0, 0.1) is 0 Å². The van der Waals surface area contributed by atoms with Gasteiger partial charge in [-0.25, -0.2) is 0 Å². The fraction of sp³-hybridized carbons (Fsp3) is 0.120. The number of hydrogen-bond acceptors (Lipinski definition) is 6. The van der Waals surface area contributed by atoms with E-state index in [1.54, 1.807) is 36.4 Å². The van der Waals surface area contributed by atoms with E-state index in [2.05, 4.69) is 22.1 Å². The SMILES string of the molecule is C=CCN1C(=O)C(CC(=O)Nc2ccccc2)S/C1=N\N=C\c1ccc(-c2ccc(Cl)cc2)o1. The second-order valence-corrected chi connectivity index (χ2v) is 8.90. The Balaban J connectivity index is 1.42. The number of carbonyl (C=O) groups is 2. The highest BCUT2D eigenvalue weighted by molar-refractivity contribution is 8.15. The normalized spacial score (nSPS) is 17.0. The molecule has 34 heavy (non-hydrogen) atoms. The molecule has 9 heteroatoms. The van der Waals surface area contributed by atoms with E-state index in [1.807, 2.05) is 36.4 Å². The van der Waals surface area contributed by atoms with Gasteiger partial charge < -0.3 is 9.73 Å². The molecule has 0 saturated carbocycles. The number of halogens is 1. The number of carbonyl (C=O) groups excluding carboxylic acids is 2. The summed E-state index contributed by atoms with van der Waals surface area (Å²) in [5.41, 5.74) is 1.57. The quantitative estimate of drug-likeness (QED) is 0.257. The van der Waals surface area contributed by atoms with Gasteiger partial charge in [0, 0.05) is 29.2 Å². The molecule has 0 spiro atoms. The number of rotatable bonds is 8. The average Bonchev–Trinajstić information content (AvgIpc) is 3.41. The minimum atomic E-state index is -0.585. The second kappa shape index (κ2) is 11.0. The molecule has 3 aromatic rings. The number of furan rings is 1. The summed E-state index contributed by atoms with van der Waals surface area (Å²) in [6.07, 6.45) is 3.10. The number of hydrogen-bond donors (Lipinski definition) is 1. The van der Waals surface area contributed by atoms with Gasteiger partial charge in [-0.1, -0.05) is 47.6 Å². The molecule has 1 N–H and O–H groups in total. The van der Waals surface area contributed by atoms with Crippen LogP contribution in [-0.2, 0) is 9.59 Å². The number of para-hydroxylation sites is 1. The maximum atomic E-state index is 12.8. The van der Waals surface area contributed by atoms with Gasteiger partial charge >= 0.3 is 0 Å². The van der Waals surface area contributed by atoms with Crippen LogP contribution >= 0.6 is 23.4 Å². The molecule has 4 rings (SSSR count). The fourth-order valence-corrected chi connectivity index (χ4v) is 4.47. The van der Waals surface area contributed by atoms with Gasteiger partial charge in [-0.2, -0.15) is 5.10 Å². The smallest absolute Gasteiger partial charge is 0.243 e. The third kappa shape index (κ3) is 5.84. The molecule has 1 aliphatic heterocycles. The molecule has 2 amide bonds. The Labute approximate surface area is 206 Å². The Bertz CT molecular complexity index is 1240. The summed E-state index contributed by atoms with van der Waals surface area (Å²) in [6, 6.07) is 20.0. The summed E-state index contributed by atoms with van der Waals surface area (Å²) in [6.45, 7) is 3.98. The fourth-order valence-electron chi connectivity index (χ4n) is 3.24. The lowest BCUT2D eigenvalue weighted by atomic mass is 10.2. The minimum Gasteiger partial charge on any atom is -0.455 e. The van der Waals surface area contributed by atoms with Crippen molar-refractivity contribution in [3.05, 3.63) is 90.2 Å². The maximum absolute atomic E-state index is 12.8. The molecule has 2 heterocycles. The molecule has 0 bridgehead atoms. The van der Waals surface area contributed by atoms with Crippen LogP contribution in [0.4, 0.5) is 5.69 Å². The highest BCUT2D eigenvalue weighted by atomic mass is 35.5. The van der Waals surface area contributed by atoms with Crippen LogP contribution in [-0.4, -0.2) is 39.9 Å². The van der Waals surface area contributed by atoms with Gasteiger partial charge in [-0.15, -0.1) is 11.7 Å². The third-order valence-corrected chi connectivity index (χ3v) is 6.26. The number of amidine groups is 1. The molecule has 1 saturated heterocycles. The first-order valence-corrected chi connectivity index (χ1v) is 11.7. The zero-order chi connectivity index (χ0) is 23.9. The highest BCUT2D eigenvalue weighted by Gasteiger charge is 2.38. The maximum Gasteiger partial charge on any atom is 0.243 e. The second-order valence-electron chi connectivity index (χ2n) is 7.30. The summed E-state index contributed by atoms with van der Waals surface area (Å²) >= 11 is 7.13. The number of amides is 2. The van der Waals surface area contributed by atoms with Crippen molar-refractivity contribution in [2.75, 3.05) is 11.9 Å². The van der Waals surface area contributed by atoms with E-state index in [0.717, 1.165) is 5.56 Å². The van der Waals surface area contributed by atoms with Crippen LogP contribution in [0.15, 0.2) is 94.0 Å². The third-order valence-electron chi connectivity index (χ3n) is 4.84. The van der Waals surface area contributed by atoms with E-state index in [0.29, 0.717) is 27.4 Å². The molecular weight excluding hydrogens is 472 g/mol. The van der Waals surface area contributed by atoms with Gasteiger partial charge in [0.1, 0.15) is 16.8 Å². The molecule has 1 fully saturated rings. The lowest BCUT2D eigenvalue weighted by Crippen LogP contribution is -2.33. The van der Waals surface area contributed by atoms with Gasteiger partial charge in [-0.05, 0) is 48.5 Å². The lowest BCUT2D eigenvalue weighted by Gasteiger charge is -2.12. The Kier molecular flexibility index (Phi) is 7.61. The molecule has 1 unspecified atom stereocenters. The molecule has 7 nitrogen and oxygen atoms in total. The van der Waals surface area contributed by atoms with Gasteiger partial charge in [0.25, 0.3) is 0 Å². The molecule has 1 aromatic heterocycles. The summed E-state index contributed by atoms with van der Waals surface area (Å²) in [7, 11) is 0. The van der Waals surface area contributed by atoms with Crippen LogP contribution in [0.3, 0.4) is 0 Å². The van der Waals surface area contributed by atoms with Gasteiger partial charge in [0.05, 0.1) is 6.21 Å². The summed E-state index contributed by atoms with van der Waals surface area (Å²) in [5, 5.41) is 11.6. The summed E-state index contributed by atoms with van der Waals surface area (Å²) in [5.74, 6) is 0.738. The Morgan fingerprint density at radius 2 is 1.91 bits per heavy atom. The standard InChI is InChI=1S/C25H21ClN4O3S/c1-2-14-30-24(32)22(15-23(31)28-19-6-4-3-5-7-19)34-25(30)29-27-16-20-12-13-21(33-20)17-8-10-18(26)11-9-17/h2-13,16,22H,1,14-15H2,(H,28,31)/b27-16+,29-25-. The van der Waals surface area contributed by atoms with Crippen LogP contribution in [0.2, 0.25) is 5.02 Å². The topological polar surface area (TPSA) is 87.3 Å². The van der Waals surface area contributed by atoms with E-state index in [4.69, 9.17) is 16.0 Å². The molecule has 1 atom stereocenters. The van der Waals surface area contributed by atoms with Crippen LogP contribution in [0.25, 0.3) is 11.3 Å². The number of thioether (sulfide) groups is 1. The zero-order valence-corrected chi connectivity index (χ0v) is 19.6. The Morgan fingerprint density at radius 3 is 2.65 bits per heavy atom. The van der Waals surface area contributed by atoms with Gasteiger partial charge in [0.15, 0.2) is 5.17 Å². The Hall–Kier alpha value is -3.62. The number of nitrogens with one attached hydrogen (secondary N) is 1. The lowest BCUT2D eigenvalue weighted by molar-refractivity contribution is -0.127. The van der Waals surface area contributed by atoms with E-state index < -0.39 is 5.25 Å². The van der Waals surface area contributed by atoms with E-state index in [-0.39, 0.29) is 24.8 Å². The molecule has 0 aliphatic carbocycles. The van der Waals surface area contributed by atoms with E-state index in [9.17, 15) is 9.59 Å². The van der Waals surface area contributed by atoms with Crippen molar-refractivity contribution in [1.29, 1.82) is 0 Å². The predicted octanol–water partition coefficient (Wildman–Crippen LogP) is 5.45. The van der Waals surface area contributed by atoms with E-state index in [1.165, 1.54) is 22.9 Å². The number of nitrogens with zero attached hydrogens (tertiary/aromatic N) is 3. The first-order valence-electron chi connectivity index (χ1n) is 10.4. The summed E-state index contributed by atoms with van der Waals surface area (Å²) < 4.78 is 5.78. The first-order chi connectivity index (χ1) is 16.5. The minimum absolute atomic E-state index is 0.0252. The number of benzene rings is 2. The van der Waals surface area contributed by atoms with Crippen molar-refractivity contribution in [3.8, 4) is 11.3 Å². The van der Waals surface area contributed by atoms with Crippen molar-refractivity contribution >= 4 is 52.2 Å². The molecule has 172 valence electrons. The number of anilines is 1. The Morgan fingerprint density at radius 1 is 1.15 bits per heavy atom. The van der Waals surface area contributed by atoms with Crippen molar-refractivity contribution in [1.82, 2.24) is 4.90 Å². The first kappa shape index (κ1) is 23.5. The van der Waals surface area contributed by atoms with Crippen molar-refractivity contribution < 1.29 is 14.0 Å². The molecular formula is C25H21ClN4O3S. The zero-order valence-electron chi connectivity index (χ0n) is 18.1. The van der Waals surface area contributed by atoms with Crippen LogP contribution < -0.4 is 5.32 Å². The van der Waals surface area contributed by atoms with Gasteiger partial charge in [0.2, 0.25) is 11.8 Å². The van der Waals surface area contributed by atoms with E-state index >= 15 is 0 Å². The average molecular weight is 493 g/mol. The van der Waals surface area contributed by atoms with Crippen LogP contribution in [0.5, 0.6) is 0 Å². The van der Waals surface area contributed by atoms with Crippen molar-refractivity contribution in [2.24, 2.45) is 10.2 Å². The largest absolute Gasteiger partial charge is 0.455 e. The molecule has 0 radical (unpaired) electrons. The molecule has 2 aromatic carbocycles. The van der Waals surface area contributed by atoms with Gasteiger partial charge in [-0.3, -0.25) is 14.5 Å². The predicted molar refractivity (Wildman–Crippen MR) is 137 cm³/mol. The summed E-state index contributed by atoms with van der Waals surface area (Å²) in [4.78, 5) is 26.7. The van der Waals surface area contributed by atoms with Crippen LogP contribution in [0.1, 0.15) is 12.2 Å². The molecule has 1 aliphatic rings. The highest BCUT2D eigenvalue weighted by Crippen LogP contribution is 2.30. The van der Waals surface area contributed by atoms with Crippen molar-refractivity contribution in [2.45, 2.75) is 11.7 Å². The monoisotopic (exact) mass is 492 g/mol.